The van der Waals surface area contributed by atoms with Gasteiger partial charge in [0.05, 0.1) is 0 Å². The quantitative estimate of drug-likeness (QED) is 0.765. The normalized spacial score (nSPS) is 27.7. The first-order chi connectivity index (χ1) is 7.24. The summed E-state index contributed by atoms with van der Waals surface area (Å²) in [5, 5.41) is 0. The van der Waals surface area contributed by atoms with Gasteiger partial charge in [-0.05, 0) is 42.5 Å². The minimum absolute atomic E-state index is 0.190. The summed E-state index contributed by atoms with van der Waals surface area (Å²) in [6, 6.07) is 7.61. The van der Waals surface area contributed by atoms with Crippen LogP contribution in [-0.4, -0.2) is 23.9 Å². The maximum atomic E-state index is 12.0. The van der Waals surface area contributed by atoms with E-state index in [9.17, 15) is 4.79 Å². The molecule has 2 aliphatic rings. The van der Waals surface area contributed by atoms with Crippen molar-refractivity contribution in [2.24, 2.45) is 11.8 Å². The third-order valence-electron chi connectivity index (χ3n) is 3.36. The molecule has 1 saturated carbocycles. The predicted octanol–water partition coefficient (Wildman–Crippen LogP) is 2.54. The van der Waals surface area contributed by atoms with Gasteiger partial charge in [-0.2, -0.15) is 0 Å². The molecule has 2 unspecified atom stereocenters. The Morgan fingerprint density at radius 2 is 1.80 bits per heavy atom. The highest BCUT2D eigenvalue weighted by Crippen LogP contribution is 2.45. The highest BCUT2D eigenvalue weighted by Gasteiger charge is 2.46. The molecule has 2 atom stereocenters. The van der Waals surface area contributed by atoms with Crippen molar-refractivity contribution in [3.8, 4) is 0 Å². The van der Waals surface area contributed by atoms with Crippen LogP contribution in [0.1, 0.15) is 16.8 Å². The molecule has 3 rings (SSSR count). The van der Waals surface area contributed by atoms with Crippen molar-refractivity contribution >= 4 is 21.8 Å². The van der Waals surface area contributed by atoms with Crippen molar-refractivity contribution in [2.75, 3.05) is 13.1 Å². The van der Waals surface area contributed by atoms with Crippen molar-refractivity contribution < 1.29 is 4.79 Å². The molecular formula is C12H12BrNO. The highest BCUT2D eigenvalue weighted by atomic mass is 79.9. The molecule has 0 radical (unpaired) electrons. The topological polar surface area (TPSA) is 20.3 Å². The SMILES string of the molecule is O=C(c1ccc(Br)cc1)N1CC2CC2C1. The van der Waals surface area contributed by atoms with E-state index < -0.39 is 0 Å². The summed E-state index contributed by atoms with van der Waals surface area (Å²) in [4.78, 5) is 14.0. The molecule has 0 spiro atoms. The lowest BCUT2D eigenvalue weighted by Crippen LogP contribution is -2.30. The smallest absolute Gasteiger partial charge is 0.253 e. The third-order valence-corrected chi connectivity index (χ3v) is 3.89. The second-order valence-corrected chi connectivity index (χ2v) is 5.39. The van der Waals surface area contributed by atoms with Gasteiger partial charge in [0.2, 0.25) is 0 Å². The lowest BCUT2D eigenvalue weighted by Gasteiger charge is -2.17. The maximum absolute atomic E-state index is 12.0. The second-order valence-electron chi connectivity index (χ2n) is 4.47. The van der Waals surface area contributed by atoms with Crippen molar-refractivity contribution in [3.63, 3.8) is 0 Å². The zero-order chi connectivity index (χ0) is 10.4. The lowest BCUT2D eigenvalue weighted by molar-refractivity contribution is 0.0775. The van der Waals surface area contributed by atoms with Crippen LogP contribution < -0.4 is 0 Å². The fourth-order valence-corrected chi connectivity index (χ4v) is 2.60. The van der Waals surface area contributed by atoms with E-state index in [0.29, 0.717) is 0 Å². The Balaban J connectivity index is 1.76. The van der Waals surface area contributed by atoms with Gasteiger partial charge in [0.1, 0.15) is 0 Å². The molecule has 2 fully saturated rings. The molecule has 15 heavy (non-hydrogen) atoms. The van der Waals surface area contributed by atoms with Crippen molar-refractivity contribution in [2.45, 2.75) is 6.42 Å². The summed E-state index contributed by atoms with van der Waals surface area (Å²) >= 11 is 3.37. The van der Waals surface area contributed by atoms with Gasteiger partial charge in [-0.3, -0.25) is 4.79 Å². The standard InChI is InChI=1S/C12H12BrNO/c13-11-3-1-8(2-4-11)12(15)14-6-9-5-10(9)7-14/h1-4,9-10H,5-7H2. The largest absolute Gasteiger partial charge is 0.338 e. The molecule has 1 aliphatic heterocycles. The molecule has 1 amide bonds. The first-order valence-corrected chi connectivity index (χ1v) is 6.08. The first kappa shape index (κ1) is 9.40. The average Bonchev–Trinajstić information content (AvgIpc) is 2.86. The monoisotopic (exact) mass is 265 g/mol. The Labute approximate surface area is 97.4 Å². The number of amides is 1. The van der Waals surface area contributed by atoms with Crippen LogP contribution in [0.2, 0.25) is 0 Å². The van der Waals surface area contributed by atoms with Gasteiger partial charge in [0, 0.05) is 23.1 Å². The number of carbonyl (C=O) groups excluding carboxylic acids is 1. The second kappa shape index (κ2) is 3.34. The van der Waals surface area contributed by atoms with Gasteiger partial charge >= 0.3 is 0 Å². The van der Waals surface area contributed by atoms with E-state index in [4.69, 9.17) is 0 Å². The van der Waals surface area contributed by atoms with Crippen LogP contribution in [-0.2, 0) is 0 Å². The van der Waals surface area contributed by atoms with E-state index in [0.717, 1.165) is 35.0 Å². The molecule has 3 heteroatoms. The van der Waals surface area contributed by atoms with Gasteiger partial charge in [-0.15, -0.1) is 0 Å². The molecule has 1 heterocycles. The van der Waals surface area contributed by atoms with E-state index in [-0.39, 0.29) is 5.91 Å². The van der Waals surface area contributed by atoms with E-state index >= 15 is 0 Å². The zero-order valence-electron chi connectivity index (χ0n) is 8.32. The van der Waals surface area contributed by atoms with Crippen LogP contribution in [0, 0.1) is 11.8 Å². The Morgan fingerprint density at radius 3 is 2.40 bits per heavy atom. The number of carbonyl (C=O) groups is 1. The van der Waals surface area contributed by atoms with Crippen molar-refractivity contribution in [1.82, 2.24) is 4.90 Å². The van der Waals surface area contributed by atoms with Crippen LogP contribution >= 0.6 is 15.9 Å². The van der Waals surface area contributed by atoms with Crippen molar-refractivity contribution in [1.29, 1.82) is 0 Å². The molecule has 78 valence electrons. The molecular weight excluding hydrogens is 254 g/mol. The van der Waals surface area contributed by atoms with Gasteiger partial charge in [0.25, 0.3) is 5.91 Å². The molecule has 0 N–H and O–H groups in total. The van der Waals surface area contributed by atoms with E-state index in [1.165, 1.54) is 6.42 Å². The van der Waals surface area contributed by atoms with Gasteiger partial charge in [-0.25, -0.2) is 0 Å². The number of nitrogens with zero attached hydrogens (tertiary/aromatic N) is 1. The Kier molecular flexibility index (Phi) is 2.09. The van der Waals surface area contributed by atoms with Crippen LogP contribution in [0.4, 0.5) is 0 Å². The minimum atomic E-state index is 0.190. The van der Waals surface area contributed by atoms with Crippen LogP contribution in [0.25, 0.3) is 0 Å². The Hall–Kier alpha value is -0.830. The summed E-state index contributed by atoms with van der Waals surface area (Å²) in [6.07, 6.45) is 1.34. The molecule has 2 nitrogen and oxygen atoms in total. The summed E-state index contributed by atoms with van der Waals surface area (Å²) in [6.45, 7) is 1.94. The Bertz CT molecular complexity index is 391. The molecule has 1 aromatic rings. The van der Waals surface area contributed by atoms with E-state index in [2.05, 4.69) is 15.9 Å². The zero-order valence-corrected chi connectivity index (χ0v) is 9.90. The number of fused-ring (bicyclic) bond motifs is 1. The van der Waals surface area contributed by atoms with Gasteiger partial charge < -0.3 is 4.90 Å². The molecule has 1 aromatic carbocycles. The molecule has 0 bridgehead atoms. The number of piperidine rings is 1. The Morgan fingerprint density at radius 1 is 1.20 bits per heavy atom. The predicted molar refractivity (Wildman–Crippen MR) is 61.6 cm³/mol. The maximum Gasteiger partial charge on any atom is 0.253 e. The number of halogens is 1. The summed E-state index contributed by atoms with van der Waals surface area (Å²) < 4.78 is 1.02. The molecule has 1 aliphatic carbocycles. The minimum Gasteiger partial charge on any atom is -0.338 e. The van der Waals surface area contributed by atoms with Crippen molar-refractivity contribution in [3.05, 3.63) is 34.3 Å². The first-order valence-electron chi connectivity index (χ1n) is 5.29. The highest BCUT2D eigenvalue weighted by molar-refractivity contribution is 9.10. The van der Waals surface area contributed by atoms with Gasteiger partial charge in [-0.1, -0.05) is 15.9 Å². The van der Waals surface area contributed by atoms with Crippen LogP contribution in [0.15, 0.2) is 28.7 Å². The summed E-state index contributed by atoms with van der Waals surface area (Å²) in [7, 11) is 0. The van der Waals surface area contributed by atoms with Crippen LogP contribution in [0.3, 0.4) is 0 Å². The van der Waals surface area contributed by atoms with Crippen LogP contribution in [0.5, 0.6) is 0 Å². The van der Waals surface area contributed by atoms with Gasteiger partial charge in [0.15, 0.2) is 0 Å². The number of likely N-dealkylation sites (tertiary alicyclic amines) is 1. The molecule has 1 saturated heterocycles. The summed E-state index contributed by atoms with van der Waals surface area (Å²) in [5.41, 5.74) is 0.805. The average molecular weight is 266 g/mol. The number of hydrogen-bond acceptors (Lipinski definition) is 1. The fraction of sp³-hybridized carbons (Fsp3) is 0.417. The van der Waals surface area contributed by atoms with E-state index in [1.807, 2.05) is 29.2 Å². The lowest BCUT2D eigenvalue weighted by atomic mass is 10.2. The number of rotatable bonds is 1. The third kappa shape index (κ3) is 1.69. The van der Waals surface area contributed by atoms with E-state index in [1.54, 1.807) is 0 Å². The number of hydrogen-bond donors (Lipinski definition) is 0. The number of benzene rings is 1. The summed E-state index contributed by atoms with van der Waals surface area (Å²) in [5.74, 6) is 1.81. The molecule has 0 aromatic heterocycles. The fourth-order valence-electron chi connectivity index (χ4n) is 2.34.